The third-order valence-corrected chi connectivity index (χ3v) is 6.25. The molecule has 1 amide bonds. The zero-order valence-electron chi connectivity index (χ0n) is 16.6. The van der Waals surface area contributed by atoms with Crippen LogP contribution in [0.4, 0.5) is 0 Å². The third-order valence-electron chi connectivity index (χ3n) is 5.55. The molecule has 1 unspecified atom stereocenters. The summed E-state index contributed by atoms with van der Waals surface area (Å²) in [5, 5.41) is 11.1. The Morgan fingerprint density at radius 3 is 2.46 bits per heavy atom. The molecule has 0 spiro atoms. The molecular formula is C23H27Cl2NO2. The van der Waals surface area contributed by atoms with Crippen LogP contribution in [0, 0.1) is 0 Å². The minimum Gasteiger partial charge on any atom is -0.390 e. The van der Waals surface area contributed by atoms with Crippen molar-refractivity contribution in [1.29, 1.82) is 0 Å². The number of rotatable bonds is 5. The van der Waals surface area contributed by atoms with Crippen molar-refractivity contribution in [2.24, 2.45) is 0 Å². The minimum absolute atomic E-state index is 0.000370. The van der Waals surface area contributed by atoms with Gasteiger partial charge in [0.05, 0.1) is 18.1 Å². The second kappa shape index (κ2) is 8.44. The van der Waals surface area contributed by atoms with Crippen LogP contribution >= 0.6 is 23.2 Å². The number of aliphatic hydroxyl groups is 1. The molecule has 1 atom stereocenters. The van der Waals surface area contributed by atoms with Gasteiger partial charge in [-0.2, -0.15) is 0 Å². The Morgan fingerprint density at radius 1 is 1.18 bits per heavy atom. The standard InChI is InChI=1S/C23H27Cl2NO2/c1-15-17-7-4-6-16(10-12-23(2,3)28)18(17)11-13-26(15)22(27)14-19-20(24)8-5-9-21(19)25/h4-9,15,28H,10-14H2,1-3H3. The summed E-state index contributed by atoms with van der Waals surface area (Å²) in [6.07, 6.45) is 2.58. The molecule has 3 rings (SSSR count). The average molecular weight is 420 g/mol. The van der Waals surface area contributed by atoms with Crippen LogP contribution in [0.25, 0.3) is 0 Å². The number of halogens is 2. The Hall–Kier alpha value is -1.55. The predicted molar refractivity (Wildman–Crippen MR) is 115 cm³/mol. The van der Waals surface area contributed by atoms with Gasteiger partial charge in [0.25, 0.3) is 0 Å². The van der Waals surface area contributed by atoms with E-state index >= 15 is 0 Å². The number of carbonyl (C=O) groups is 1. The van der Waals surface area contributed by atoms with Crippen LogP contribution in [-0.4, -0.2) is 28.1 Å². The highest BCUT2D eigenvalue weighted by atomic mass is 35.5. The van der Waals surface area contributed by atoms with E-state index in [-0.39, 0.29) is 18.4 Å². The van der Waals surface area contributed by atoms with Gasteiger partial charge in [0, 0.05) is 16.6 Å². The zero-order valence-corrected chi connectivity index (χ0v) is 18.1. The Morgan fingerprint density at radius 2 is 1.82 bits per heavy atom. The quantitative estimate of drug-likeness (QED) is 0.705. The van der Waals surface area contributed by atoms with Crippen LogP contribution in [0.2, 0.25) is 10.0 Å². The van der Waals surface area contributed by atoms with Crippen LogP contribution in [-0.2, 0) is 24.1 Å². The molecular weight excluding hydrogens is 393 g/mol. The third kappa shape index (κ3) is 4.71. The molecule has 3 nitrogen and oxygen atoms in total. The van der Waals surface area contributed by atoms with Crippen LogP contribution in [0.15, 0.2) is 36.4 Å². The second-order valence-corrected chi connectivity index (χ2v) is 9.00. The van der Waals surface area contributed by atoms with E-state index in [1.807, 2.05) is 24.8 Å². The Balaban J connectivity index is 1.79. The molecule has 1 heterocycles. The van der Waals surface area contributed by atoms with E-state index in [2.05, 4.69) is 19.1 Å². The SMILES string of the molecule is CC1c2cccc(CCC(C)(C)O)c2CCN1C(=O)Cc1c(Cl)cccc1Cl. The molecule has 0 aromatic heterocycles. The van der Waals surface area contributed by atoms with Crippen molar-refractivity contribution in [2.45, 2.75) is 58.1 Å². The van der Waals surface area contributed by atoms with Crippen molar-refractivity contribution in [3.05, 3.63) is 68.7 Å². The Bertz CT molecular complexity index is 853. The van der Waals surface area contributed by atoms with E-state index in [0.29, 0.717) is 28.6 Å². The van der Waals surface area contributed by atoms with Gasteiger partial charge in [-0.25, -0.2) is 0 Å². The first-order valence-electron chi connectivity index (χ1n) is 9.73. The molecule has 0 saturated carbocycles. The first-order valence-corrected chi connectivity index (χ1v) is 10.5. The van der Waals surface area contributed by atoms with E-state index in [4.69, 9.17) is 23.2 Å². The fourth-order valence-corrected chi connectivity index (χ4v) is 4.45. The summed E-state index contributed by atoms with van der Waals surface area (Å²) in [6, 6.07) is 11.6. The van der Waals surface area contributed by atoms with Gasteiger partial charge in [-0.05, 0) is 74.4 Å². The van der Waals surface area contributed by atoms with Crippen LogP contribution in [0.3, 0.4) is 0 Å². The van der Waals surface area contributed by atoms with Gasteiger partial charge in [-0.1, -0.05) is 47.5 Å². The maximum absolute atomic E-state index is 13.0. The molecule has 0 bridgehead atoms. The Labute approximate surface area is 177 Å². The topological polar surface area (TPSA) is 40.5 Å². The van der Waals surface area contributed by atoms with Crippen molar-refractivity contribution >= 4 is 29.1 Å². The highest BCUT2D eigenvalue weighted by Gasteiger charge is 2.29. The molecule has 0 saturated heterocycles. The molecule has 0 aliphatic carbocycles. The molecule has 1 N–H and O–H groups in total. The molecule has 2 aromatic rings. The van der Waals surface area contributed by atoms with Crippen LogP contribution in [0.1, 0.15) is 55.5 Å². The van der Waals surface area contributed by atoms with E-state index in [0.717, 1.165) is 12.8 Å². The molecule has 28 heavy (non-hydrogen) atoms. The van der Waals surface area contributed by atoms with Gasteiger partial charge in [0.15, 0.2) is 0 Å². The number of benzene rings is 2. The summed E-state index contributed by atoms with van der Waals surface area (Å²) in [5.41, 5.74) is 3.79. The fraction of sp³-hybridized carbons (Fsp3) is 0.435. The number of fused-ring (bicyclic) bond motifs is 1. The van der Waals surface area contributed by atoms with Gasteiger partial charge in [-0.3, -0.25) is 4.79 Å². The largest absolute Gasteiger partial charge is 0.390 e. The van der Waals surface area contributed by atoms with Crippen molar-refractivity contribution in [3.63, 3.8) is 0 Å². The van der Waals surface area contributed by atoms with Crippen LogP contribution in [0.5, 0.6) is 0 Å². The summed E-state index contributed by atoms with van der Waals surface area (Å²) in [5.74, 6) is 0.0371. The summed E-state index contributed by atoms with van der Waals surface area (Å²) >= 11 is 12.5. The monoisotopic (exact) mass is 419 g/mol. The van der Waals surface area contributed by atoms with Gasteiger partial charge in [0.2, 0.25) is 5.91 Å². The zero-order chi connectivity index (χ0) is 20.5. The fourth-order valence-electron chi connectivity index (χ4n) is 3.91. The first kappa shape index (κ1) is 21.2. The average Bonchev–Trinajstić information content (AvgIpc) is 2.63. The van der Waals surface area contributed by atoms with Gasteiger partial charge in [0.1, 0.15) is 0 Å². The maximum atomic E-state index is 13.0. The van der Waals surface area contributed by atoms with Gasteiger partial charge in [-0.15, -0.1) is 0 Å². The van der Waals surface area contributed by atoms with Crippen molar-refractivity contribution in [1.82, 2.24) is 4.90 Å². The van der Waals surface area contributed by atoms with Gasteiger partial charge >= 0.3 is 0 Å². The summed E-state index contributed by atoms with van der Waals surface area (Å²) in [7, 11) is 0. The lowest BCUT2D eigenvalue weighted by Crippen LogP contribution is -2.40. The second-order valence-electron chi connectivity index (χ2n) is 8.19. The number of hydrogen-bond donors (Lipinski definition) is 1. The summed E-state index contributed by atoms with van der Waals surface area (Å²) in [6.45, 7) is 6.43. The number of aryl methyl sites for hydroxylation is 1. The summed E-state index contributed by atoms with van der Waals surface area (Å²) in [4.78, 5) is 14.9. The number of amides is 1. The predicted octanol–water partition coefficient (Wildman–Crippen LogP) is 5.39. The van der Waals surface area contributed by atoms with Crippen molar-refractivity contribution in [3.8, 4) is 0 Å². The van der Waals surface area contributed by atoms with E-state index in [1.165, 1.54) is 16.7 Å². The molecule has 150 valence electrons. The molecule has 0 fully saturated rings. The van der Waals surface area contributed by atoms with E-state index < -0.39 is 5.60 Å². The number of nitrogens with zero attached hydrogens (tertiary/aromatic N) is 1. The normalized spacial score (nSPS) is 16.8. The lowest BCUT2D eigenvalue weighted by molar-refractivity contribution is -0.133. The number of hydrogen-bond acceptors (Lipinski definition) is 2. The van der Waals surface area contributed by atoms with Crippen LogP contribution < -0.4 is 0 Å². The Kier molecular flexibility index (Phi) is 6.38. The highest BCUT2D eigenvalue weighted by Crippen LogP contribution is 2.34. The minimum atomic E-state index is -0.681. The molecule has 1 aliphatic rings. The summed E-state index contributed by atoms with van der Waals surface area (Å²) < 4.78 is 0. The maximum Gasteiger partial charge on any atom is 0.227 e. The molecule has 0 radical (unpaired) electrons. The molecule has 2 aromatic carbocycles. The van der Waals surface area contributed by atoms with E-state index in [9.17, 15) is 9.90 Å². The number of carbonyl (C=O) groups excluding carboxylic acids is 1. The van der Waals surface area contributed by atoms with Crippen molar-refractivity contribution in [2.75, 3.05) is 6.54 Å². The van der Waals surface area contributed by atoms with Crippen molar-refractivity contribution < 1.29 is 9.90 Å². The first-order chi connectivity index (χ1) is 13.2. The smallest absolute Gasteiger partial charge is 0.227 e. The molecule has 5 heteroatoms. The van der Waals surface area contributed by atoms with Gasteiger partial charge < -0.3 is 10.0 Å². The highest BCUT2D eigenvalue weighted by molar-refractivity contribution is 6.36. The lowest BCUT2D eigenvalue weighted by Gasteiger charge is -2.36. The molecule has 1 aliphatic heterocycles. The lowest BCUT2D eigenvalue weighted by atomic mass is 9.86. The van der Waals surface area contributed by atoms with E-state index in [1.54, 1.807) is 18.2 Å².